The van der Waals surface area contributed by atoms with Crippen LogP contribution in [0.2, 0.25) is 0 Å². The van der Waals surface area contributed by atoms with Gasteiger partial charge in [-0.05, 0) is 32.9 Å². The van der Waals surface area contributed by atoms with Crippen molar-refractivity contribution in [3.8, 4) is 10.6 Å². The maximum absolute atomic E-state index is 4.56. The first-order valence-corrected chi connectivity index (χ1v) is 7.20. The average Bonchev–Trinajstić information content (AvgIpc) is 2.78. The summed E-state index contributed by atoms with van der Waals surface area (Å²) in [5, 5.41) is 4.54. The number of nitrogens with one attached hydrogen (secondary N) is 1. The van der Waals surface area contributed by atoms with Crippen molar-refractivity contribution in [2.75, 3.05) is 6.54 Å². The second kappa shape index (κ2) is 5.63. The van der Waals surface area contributed by atoms with Gasteiger partial charge in [0.2, 0.25) is 0 Å². The van der Waals surface area contributed by atoms with E-state index in [1.54, 1.807) is 11.3 Å². The van der Waals surface area contributed by atoms with E-state index in [-0.39, 0.29) is 0 Å². The van der Waals surface area contributed by atoms with Gasteiger partial charge in [0.25, 0.3) is 0 Å². The van der Waals surface area contributed by atoms with Crippen LogP contribution in [-0.4, -0.2) is 11.5 Å². The van der Waals surface area contributed by atoms with E-state index in [9.17, 15) is 0 Å². The zero-order valence-electron chi connectivity index (χ0n) is 11.4. The first-order chi connectivity index (χ1) is 8.61. The van der Waals surface area contributed by atoms with E-state index in [2.05, 4.69) is 56.2 Å². The molecule has 2 rings (SSSR count). The largest absolute Gasteiger partial charge is 0.310 e. The van der Waals surface area contributed by atoms with Gasteiger partial charge in [0.05, 0.1) is 0 Å². The van der Waals surface area contributed by atoms with Crippen LogP contribution in [0.4, 0.5) is 0 Å². The molecule has 0 aliphatic heterocycles. The Morgan fingerprint density at radius 3 is 2.78 bits per heavy atom. The smallest absolute Gasteiger partial charge is 0.123 e. The summed E-state index contributed by atoms with van der Waals surface area (Å²) in [5.74, 6) is 0. The standard InChI is InChI=1S/C15H20N2S/c1-5-16-12(4)14-9-17-15(18-14)13-7-6-10(2)8-11(13)3/h6-9,12,16H,5H2,1-4H3. The summed E-state index contributed by atoms with van der Waals surface area (Å²) >= 11 is 1.78. The molecule has 0 fully saturated rings. The number of nitrogens with zero attached hydrogens (tertiary/aromatic N) is 1. The second-order valence-electron chi connectivity index (χ2n) is 4.67. The van der Waals surface area contributed by atoms with Crippen LogP contribution in [0.25, 0.3) is 10.6 Å². The van der Waals surface area contributed by atoms with E-state index in [0.29, 0.717) is 6.04 Å². The summed E-state index contributed by atoms with van der Waals surface area (Å²) in [5.41, 5.74) is 3.85. The number of aryl methyl sites for hydroxylation is 2. The molecule has 1 aromatic carbocycles. The first-order valence-electron chi connectivity index (χ1n) is 6.38. The Morgan fingerprint density at radius 2 is 2.11 bits per heavy atom. The molecule has 2 nitrogen and oxygen atoms in total. The summed E-state index contributed by atoms with van der Waals surface area (Å²) in [4.78, 5) is 5.86. The highest BCUT2D eigenvalue weighted by Crippen LogP contribution is 2.30. The lowest BCUT2D eigenvalue weighted by Gasteiger charge is -2.08. The highest BCUT2D eigenvalue weighted by Gasteiger charge is 2.11. The van der Waals surface area contributed by atoms with Gasteiger partial charge < -0.3 is 5.32 Å². The lowest BCUT2D eigenvalue weighted by atomic mass is 10.1. The van der Waals surface area contributed by atoms with Crippen molar-refractivity contribution in [2.45, 2.75) is 33.7 Å². The van der Waals surface area contributed by atoms with E-state index in [4.69, 9.17) is 0 Å². The van der Waals surface area contributed by atoms with Gasteiger partial charge in [-0.25, -0.2) is 4.98 Å². The zero-order valence-corrected chi connectivity index (χ0v) is 12.3. The average molecular weight is 260 g/mol. The number of thiazole rings is 1. The van der Waals surface area contributed by atoms with Crippen molar-refractivity contribution in [3.63, 3.8) is 0 Å². The number of hydrogen-bond donors (Lipinski definition) is 1. The summed E-state index contributed by atoms with van der Waals surface area (Å²) in [6.45, 7) is 9.57. The fourth-order valence-electron chi connectivity index (χ4n) is 2.07. The molecule has 0 amide bonds. The third-order valence-corrected chi connectivity index (χ3v) is 4.29. The van der Waals surface area contributed by atoms with E-state index in [1.165, 1.54) is 21.6 Å². The van der Waals surface area contributed by atoms with E-state index in [1.807, 2.05) is 6.20 Å². The van der Waals surface area contributed by atoms with Crippen molar-refractivity contribution in [1.82, 2.24) is 10.3 Å². The third-order valence-electron chi connectivity index (χ3n) is 3.07. The van der Waals surface area contributed by atoms with Crippen molar-refractivity contribution >= 4 is 11.3 Å². The number of rotatable bonds is 4. The van der Waals surface area contributed by atoms with Crippen LogP contribution in [0.3, 0.4) is 0 Å². The highest BCUT2D eigenvalue weighted by atomic mass is 32.1. The molecule has 0 saturated carbocycles. The summed E-state index contributed by atoms with van der Waals surface area (Å²) in [7, 11) is 0. The van der Waals surface area contributed by atoms with Crippen molar-refractivity contribution in [2.24, 2.45) is 0 Å². The van der Waals surface area contributed by atoms with E-state index >= 15 is 0 Å². The summed E-state index contributed by atoms with van der Waals surface area (Å²) in [6.07, 6.45) is 1.99. The van der Waals surface area contributed by atoms with Crippen LogP contribution < -0.4 is 5.32 Å². The van der Waals surface area contributed by atoms with Crippen LogP contribution in [0.5, 0.6) is 0 Å². The fourth-order valence-corrected chi connectivity index (χ4v) is 3.10. The fraction of sp³-hybridized carbons (Fsp3) is 0.400. The molecule has 0 saturated heterocycles. The minimum atomic E-state index is 0.381. The molecule has 1 unspecified atom stereocenters. The monoisotopic (exact) mass is 260 g/mol. The maximum Gasteiger partial charge on any atom is 0.123 e. The van der Waals surface area contributed by atoms with Gasteiger partial charge in [-0.3, -0.25) is 0 Å². The van der Waals surface area contributed by atoms with E-state index in [0.717, 1.165) is 11.6 Å². The number of hydrogen-bond acceptors (Lipinski definition) is 3. The number of aromatic nitrogens is 1. The topological polar surface area (TPSA) is 24.9 Å². The van der Waals surface area contributed by atoms with Gasteiger partial charge in [0.1, 0.15) is 5.01 Å². The maximum atomic E-state index is 4.56. The SMILES string of the molecule is CCNC(C)c1cnc(-c2ccc(C)cc2C)s1. The summed E-state index contributed by atoms with van der Waals surface area (Å²) in [6, 6.07) is 6.92. The number of benzene rings is 1. The lowest BCUT2D eigenvalue weighted by Crippen LogP contribution is -2.16. The van der Waals surface area contributed by atoms with Crippen LogP contribution in [-0.2, 0) is 0 Å². The van der Waals surface area contributed by atoms with Crippen LogP contribution >= 0.6 is 11.3 Å². The minimum Gasteiger partial charge on any atom is -0.310 e. The predicted molar refractivity (Wildman–Crippen MR) is 79.1 cm³/mol. The molecule has 2 aromatic rings. The Labute approximate surface area is 113 Å². The predicted octanol–water partition coefficient (Wildman–Crippen LogP) is 4.10. The van der Waals surface area contributed by atoms with Gasteiger partial charge in [0.15, 0.2) is 0 Å². The van der Waals surface area contributed by atoms with Crippen molar-refractivity contribution in [3.05, 3.63) is 40.4 Å². The molecule has 0 aliphatic carbocycles. The quantitative estimate of drug-likeness (QED) is 0.895. The molecule has 1 heterocycles. The normalized spacial score (nSPS) is 12.7. The van der Waals surface area contributed by atoms with Gasteiger partial charge in [-0.2, -0.15) is 0 Å². The van der Waals surface area contributed by atoms with Crippen molar-refractivity contribution in [1.29, 1.82) is 0 Å². The summed E-state index contributed by atoms with van der Waals surface area (Å²) < 4.78 is 0. The molecular weight excluding hydrogens is 240 g/mol. The third kappa shape index (κ3) is 2.79. The van der Waals surface area contributed by atoms with Crippen LogP contribution in [0.1, 0.15) is 35.9 Å². The first kappa shape index (κ1) is 13.2. The second-order valence-corrected chi connectivity index (χ2v) is 5.73. The Balaban J connectivity index is 2.29. The van der Waals surface area contributed by atoms with Gasteiger partial charge >= 0.3 is 0 Å². The molecule has 0 spiro atoms. The van der Waals surface area contributed by atoms with Crippen LogP contribution in [0, 0.1) is 13.8 Å². The molecule has 96 valence electrons. The van der Waals surface area contributed by atoms with Crippen LogP contribution in [0.15, 0.2) is 24.4 Å². The highest BCUT2D eigenvalue weighted by molar-refractivity contribution is 7.15. The lowest BCUT2D eigenvalue weighted by molar-refractivity contribution is 0.606. The Bertz CT molecular complexity index is 531. The Morgan fingerprint density at radius 1 is 1.33 bits per heavy atom. The molecule has 1 N–H and O–H groups in total. The Kier molecular flexibility index (Phi) is 4.15. The molecule has 18 heavy (non-hydrogen) atoms. The van der Waals surface area contributed by atoms with Gasteiger partial charge in [-0.1, -0.05) is 30.7 Å². The molecule has 3 heteroatoms. The Hall–Kier alpha value is -1.19. The molecule has 0 radical (unpaired) electrons. The molecule has 1 aromatic heterocycles. The van der Waals surface area contributed by atoms with Crippen molar-refractivity contribution < 1.29 is 0 Å². The molecule has 1 atom stereocenters. The molecular formula is C15H20N2S. The van der Waals surface area contributed by atoms with E-state index < -0.39 is 0 Å². The zero-order chi connectivity index (χ0) is 13.1. The van der Waals surface area contributed by atoms with Gasteiger partial charge in [0, 0.05) is 22.7 Å². The molecule has 0 bridgehead atoms. The molecule has 0 aliphatic rings. The minimum absolute atomic E-state index is 0.381. The van der Waals surface area contributed by atoms with Gasteiger partial charge in [-0.15, -0.1) is 11.3 Å².